The van der Waals surface area contributed by atoms with Crippen LogP contribution in [-0.2, 0) is 29.7 Å². The Morgan fingerprint density at radius 3 is 2.21 bits per heavy atom. The number of hydrogen-bond donors (Lipinski definition) is 0. The molecule has 0 saturated heterocycles. The number of rotatable bonds is 8. The predicted octanol–water partition coefficient (Wildman–Crippen LogP) is 2.98. The van der Waals surface area contributed by atoms with E-state index >= 15 is 0 Å². The number of para-hydroxylation sites is 2. The number of hydrogen-bond acceptors (Lipinski definition) is 4. The van der Waals surface area contributed by atoms with Crippen molar-refractivity contribution in [3.63, 3.8) is 0 Å². The summed E-state index contributed by atoms with van der Waals surface area (Å²) in [5.74, 6) is -0.723. The molecule has 7 heteroatoms. The van der Waals surface area contributed by atoms with Gasteiger partial charge in [0.05, 0.1) is 17.5 Å². The van der Waals surface area contributed by atoms with Gasteiger partial charge in [0.2, 0.25) is 5.78 Å². The summed E-state index contributed by atoms with van der Waals surface area (Å²) in [6.45, 7) is 6.34. The monoisotopic (exact) mass is 397 g/mol. The van der Waals surface area contributed by atoms with E-state index in [4.69, 9.17) is 4.74 Å². The number of carbonyl (C=O) groups is 2. The summed E-state index contributed by atoms with van der Waals surface area (Å²) >= 11 is 0. The number of aromatic nitrogens is 3. The average Bonchev–Trinajstić information content (AvgIpc) is 3.13. The minimum absolute atomic E-state index is 0.0279. The molecule has 0 atom stereocenters. The van der Waals surface area contributed by atoms with Crippen molar-refractivity contribution < 1.29 is 14.3 Å². The summed E-state index contributed by atoms with van der Waals surface area (Å²) in [5.41, 5.74) is 3.91. The minimum atomic E-state index is -0.497. The van der Waals surface area contributed by atoms with Crippen LogP contribution in [0.25, 0.3) is 11.0 Å². The van der Waals surface area contributed by atoms with Crippen LogP contribution in [0.15, 0.2) is 35.1 Å². The second-order valence-electron chi connectivity index (χ2n) is 7.25. The van der Waals surface area contributed by atoms with Gasteiger partial charge in [-0.2, -0.15) is 0 Å². The van der Waals surface area contributed by atoms with Gasteiger partial charge in [0, 0.05) is 37.1 Å². The zero-order chi connectivity index (χ0) is 21.1. The summed E-state index contributed by atoms with van der Waals surface area (Å²) in [6.07, 6.45) is 0.872. The topological polar surface area (TPSA) is 75.2 Å². The summed E-state index contributed by atoms with van der Waals surface area (Å²) in [5, 5.41) is 0. The number of ketones is 1. The van der Waals surface area contributed by atoms with Crippen molar-refractivity contribution in [2.45, 2.75) is 46.7 Å². The highest BCUT2D eigenvalue weighted by Gasteiger charge is 2.17. The Morgan fingerprint density at radius 1 is 1.03 bits per heavy atom. The van der Waals surface area contributed by atoms with Crippen LogP contribution in [0, 0.1) is 13.8 Å². The standard InChI is InChI=1S/C22H27N3O4/c1-5-11-24-18-8-6-7-9-19(18)25(22(24)28)12-10-21(27)29-14-20(26)17-13-15(2)23(4)16(17)3/h6-9,13H,5,10-12,14H2,1-4H3. The molecule has 2 heterocycles. The summed E-state index contributed by atoms with van der Waals surface area (Å²) in [7, 11) is 1.89. The van der Waals surface area contributed by atoms with E-state index in [-0.39, 0.29) is 31.0 Å². The summed E-state index contributed by atoms with van der Waals surface area (Å²) in [6, 6.07) is 9.34. The predicted molar refractivity (Wildman–Crippen MR) is 111 cm³/mol. The van der Waals surface area contributed by atoms with E-state index in [9.17, 15) is 14.4 Å². The van der Waals surface area contributed by atoms with E-state index < -0.39 is 5.97 Å². The number of carbonyl (C=O) groups excluding carboxylic acids is 2. The quantitative estimate of drug-likeness (QED) is 0.433. The molecule has 2 aromatic heterocycles. The highest BCUT2D eigenvalue weighted by molar-refractivity contribution is 5.99. The molecule has 1 aromatic carbocycles. The van der Waals surface area contributed by atoms with Gasteiger partial charge in [-0.05, 0) is 38.5 Å². The molecule has 0 N–H and O–H groups in total. The van der Waals surface area contributed by atoms with Crippen molar-refractivity contribution in [1.29, 1.82) is 0 Å². The molecule has 0 bridgehead atoms. The molecular formula is C22H27N3O4. The zero-order valence-corrected chi connectivity index (χ0v) is 17.4. The van der Waals surface area contributed by atoms with Gasteiger partial charge in [-0.1, -0.05) is 19.1 Å². The Morgan fingerprint density at radius 2 is 1.66 bits per heavy atom. The van der Waals surface area contributed by atoms with Crippen LogP contribution < -0.4 is 5.69 Å². The second kappa shape index (κ2) is 8.51. The van der Waals surface area contributed by atoms with Gasteiger partial charge in [0.25, 0.3) is 0 Å². The molecular weight excluding hydrogens is 370 g/mol. The SMILES string of the molecule is CCCn1c(=O)n(CCC(=O)OCC(=O)c2cc(C)n(C)c2C)c2ccccc21. The van der Waals surface area contributed by atoms with E-state index in [1.807, 2.05) is 56.7 Å². The Labute approximate surface area is 169 Å². The molecule has 7 nitrogen and oxygen atoms in total. The Kier molecular flexibility index (Phi) is 6.06. The molecule has 3 rings (SSSR count). The lowest BCUT2D eigenvalue weighted by Crippen LogP contribution is -2.25. The fourth-order valence-electron chi connectivity index (χ4n) is 3.56. The van der Waals surface area contributed by atoms with Gasteiger partial charge in [-0.25, -0.2) is 4.79 Å². The third-order valence-corrected chi connectivity index (χ3v) is 5.35. The van der Waals surface area contributed by atoms with Crippen LogP contribution in [0.5, 0.6) is 0 Å². The zero-order valence-electron chi connectivity index (χ0n) is 17.4. The second-order valence-corrected chi connectivity index (χ2v) is 7.25. The van der Waals surface area contributed by atoms with Gasteiger partial charge >= 0.3 is 11.7 Å². The number of benzene rings is 1. The van der Waals surface area contributed by atoms with Gasteiger partial charge in [-0.15, -0.1) is 0 Å². The average molecular weight is 397 g/mol. The molecule has 3 aromatic rings. The normalized spacial score (nSPS) is 11.2. The fraction of sp³-hybridized carbons (Fsp3) is 0.409. The maximum absolute atomic E-state index is 12.7. The maximum Gasteiger partial charge on any atom is 0.329 e. The van der Waals surface area contributed by atoms with Crippen LogP contribution in [0.2, 0.25) is 0 Å². The Hall–Kier alpha value is -3.09. The lowest BCUT2D eigenvalue weighted by atomic mass is 10.1. The van der Waals surface area contributed by atoms with Gasteiger partial charge in [-0.3, -0.25) is 18.7 Å². The van der Waals surface area contributed by atoms with Crippen molar-refractivity contribution >= 4 is 22.8 Å². The highest BCUT2D eigenvalue weighted by Crippen LogP contribution is 2.15. The number of ether oxygens (including phenoxy) is 1. The van der Waals surface area contributed by atoms with Crippen LogP contribution >= 0.6 is 0 Å². The fourth-order valence-corrected chi connectivity index (χ4v) is 3.56. The molecule has 0 spiro atoms. The third-order valence-electron chi connectivity index (χ3n) is 5.35. The maximum atomic E-state index is 12.7. The van der Waals surface area contributed by atoms with Crippen molar-refractivity contribution in [1.82, 2.24) is 13.7 Å². The van der Waals surface area contributed by atoms with Crippen LogP contribution in [0.3, 0.4) is 0 Å². The lowest BCUT2D eigenvalue weighted by Gasteiger charge is -2.06. The summed E-state index contributed by atoms with van der Waals surface area (Å²) in [4.78, 5) is 37.3. The first kappa shape index (κ1) is 20.6. The van der Waals surface area contributed by atoms with Crippen LogP contribution in [0.4, 0.5) is 0 Å². The van der Waals surface area contributed by atoms with E-state index in [0.717, 1.165) is 28.8 Å². The minimum Gasteiger partial charge on any atom is -0.457 e. The van der Waals surface area contributed by atoms with Gasteiger partial charge in [0.15, 0.2) is 6.61 Å². The first-order valence-electron chi connectivity index (χ1n) is 9.85. The van der Waals surface area contributed by atoms with Crippen LogP contribution in [-0.4, -0.2) is 32.1 Å². The van der Waals surface area contributed by atoms with Gasteiger partial charge < -0.3 is 9.30 Å². The third kappa shape index (κ3) is 4.04. The van der Waals surface area contributed by atoms with Crippen LogP contribution in [0.1, 0.15) is 41.5 Å². The molecule has 0 saturated carbocycles. The summed E-state index contributed by atoms with van der Waals surface area (Å²) < 4.78 is 10.4. The van der Waals surface area contributed by atoms with E-state index in [1.165, 1.54) is 0 Å². The van der Waals surface area contributed by atoms with Crippen molar-refractivity contribution in [2.24, 2.45) is 7.05 Å². The molecule has 29 heavy (non-hydrogen) atoms. The van der Waals surface area contributed by atoms with E-state index in [1.54, 1.807) is 15.2 Å². The number of aryl methyl sites for hydroxylation is 3. The Balaban J connectivity index is 1.65. The number of esters is 1. The molecule has 0 aliphatic carbocycles. The molecule has 154 valence electrons. The lowest BCUT2D eigenvalue weighted by molar-refractivity contribution is -0.142. The molecule has 0 fully saturated rings. The number of Topliss-reactive ketones (excluding diaryl/α,β-unsaturated/α-hetero) is 1. The molecule has 0 aliphatic heterocycles. The Bertz CT molecular complexity index is 1120. The number of imidazole rings is 1. The largest absolute Gasteiger partial charge is 0.457 e. The highest BCUT2D eigenvalue weighted by atomic mass is 16.5. The van der Waals surface area contributed by atoms with E-state index in [0.29, 0.717) is 12.1 Å². The van der Waals surface area contributed by atoms with Gasteiger partial charge in [0.1, 0.15) is 0 Å². The molecule has 0 aliphatic rings. The van der Waals surface area contributed by atoms with Crippen molar-refractivity contribution in [2.75, 3.05) is 6.61 Å². The number of fused-ring (bicyclic) bond motifs is 1. The van der Waals surface area contributed by atoms with E-state index in [2.05, 4.69) is 0 Å². The first-order chi connectivity index (χ1) is 13.8. The van der Waals surface area contributed by atoms with Crippen molar-refractivity contribution in [3.8, 4) is 0 Å². The first-order valence-corrected chi connectivity index (χ1v) is 9.85. The number of nitrogens with zero attached hydrogens (tertiary/aromatic N) is 3. The smallest absolute Gasteiger partial charge is 0.329 e. The molecule has 0 radical (unpaired) electrons. The molecule has 0 amide bonds. The molecule has 0 unspecified atom stereocenters. The van der Waals surface area contributed by atoms with Crippen molar-refractivity contribution in [3.05, 3.63) is 57.8 Å².